The lowest BCUT2D eigenvalue weighted by Crippen LogP contribution is -2.35. The van der Waals surface area contributed by atoms with Gasteiger partial charge >= 0.3 is 12.0 Å². The van der Waals surface area contributed by atoms with Gasteiger partial charge < -0.3 is 15.3 Å². The van der Waals surface area contributed by atoms with Crippen molar-refractivity contribution in [2.75, 3.05) is 18.4 Å². The summed E-state index contributed by atoms with van der Waals surface area (Å²) < 4.78 is 0. The minimum absolute atomic E-state index is 0.0345. The molecule has 0 aliphatic carbocycles. The molecule has 2 N–H and O–H groups in total. The minimum atomic E-state index is -1.08. The SMILES string of the molecule is O=C(O)c1ccc(NC(=O)N2CCCCCC2)cn1. The molecule has 0 unspecified atom stereocenters. The molecule has 1 aromatic rings. The van der Waals surface area contributed by atoms with Crippen molar-refractivity contribution < 1.29 is 14.7 Å². The van der Waals surface area contributed by atoms with Crippen LogP contribution in [0, 0.1) is 0 Å². The molecule has 1 aliphatic heterocycles. The van der Waals surface area contributed by atoms with Gasteiger partial charge in [-0.25, -0.2) is 14.6 Å². The van der Waals surface area contributed by atoms with E-state index in [2.05, 4.69) is 10.3 Å². The summed E-state index contributed by atoms with van der Waals surface area (Å²) in [7, 11) is 0. The number of amides is 2. The van der Waals surface area contributed by atoms with E-state index in [9.17, 15) is 9.59 Å². The molecule has 2 rings (SSSR count). The second-order valence-corrected chi connectivity index (χ2v) is 4.57. The molecule has 1 aromatic heterocycles. The zero-order valence-electron chi connectivity index (χ0n) is 10.6. The number of carboxylic acids is 1. The van der Waals surface area contributed by atoms with Crippen LogP contribution in [-0.2, 0) is 0 Å². The average molecular weight is 263 g/mol. The second-order valence-electron chi connectivity index (χ2n) is 4.57. The molecule has 0 radical (unpaired) electrons. The van der Waals surface area contributed by atoms with Crippen LogP contribution in [0.5, 0.6) is 0 Å². The number of aromatic carboxylic acids is 1. The molecule has 0 bridgehead atoms. The van der Waals surface area contributed by atoms with Gasteiger partial charge in [-0.15, -0.1) is 0 Å². The molecule has 1 fully saturated rings. The largest absolute Gasteiger partial charge is 0.477 e. The molecular formula is C13H17N3O3. The van der Waals surface area contributed by atoms with Gasteiger partial charge in [-0.1, -0.05) is 12.8 Å². The van der Waals surface area contributed by atoms with Gasteiger partial charge in [0.15, 0.2) is 0 Å². The van der Waals surface area contributed by atoms with E-state index in [0.29, 0.717) is 5.69 Å². The van der Waals surface area contributed by atoms with E-state index in [0.717, 1.165) is 25.9 Å². The maximum absolute atomic E-state index is 12.0. The van der Waals surface area contributed by atoms with E-state index in [-0.39, 0.29) is 11.7 Å². The number of nitrogens with zero attached hydrogens (tertiary/aromatic N) is 2. The van der Waals surface area contributed by atoms with Gasteiger partial charge in [0.05, 0.1) is 11.9 Å². The van der Waals surface area contributed by atoms with Crippen LogP contribution in [0.3, 0.4) is 0 Å². The third-order valence-corrected chi connectivity index (χ3v) is 3.13. The Kier molecular flexibility index (Phi) is 4.33. The Hall–Kier alpha value is -2.11. The van der Waals surface area contributed by atoms with E-state index in [1.54, 1.807) is 11.0 Å². The summed E-state index contributed by atoms with van der Waals surface area (Å²) in [6.45, 7) is 1.54. The second kappa shape index (κ2) is 6.17. The fourth-order valence-corrected chi connectivity index (χ4v) is 2.07. The maximum Gasteiger partial charge on any atom is 0.354 e. The molecule has 0 saturated carbocycles. The number of likely N-dealkylation sites (tertiary alicyclic amines) is 1. The number of carbonyl (C=O) groups is 2. The number of urea groups is 1. The van der Waals surface area contributed by atoms with Crippen molar-refractivity contribution in [2.45, 2.75) is 25.7 Å². The molecular weight excluding hydrogens is 246 g/mol. The van der Waals surface area contributed by atoms with Crippen molar-refractivity contribution in [3.8, 4) is 0 Å². The predicted molar refractivity (Wildman–Crippen MR) is 70.3 cm³/mol. The number of hydrogen-bond donors (Lipinski definition) is 2. The Bertz CT molecular complexity index is 451. The highest BCUT2D eigenvalue weighted by atomic mass is 16.4. The van der Waals surface area contributed by atoms with Crippen molar-refractivity contribution >= 4 is 17.7 Å². The smallest absolute Gasteiger partial charge is 0.354 e. The first-order valence-corrected chi connectivity index (χ1v) is 6.42. The fourth-order valence-electron chi connectivity index (χ4n) is 2.07. The number of pyridine rings is 1. The van der Waals surface area contributed by atoms with Crippen molar-refractivity contribution in [1.29, 1.82) is 0 Å². The number of anilines is 1. The van der Waals surface area contributed by atoms with Crippen LogP contribution >= 0.6 is 0 Å². The lowest BCUT2D eigenvalue weighted by atomic mass is 10.2. The van der Waals surface area contributed by atoms with Crippen LogP contribution in [0.25, 0.3) is 0 Å². The van der Waals surface area contributed by atoms with Crippen molar-refractivity contribution in [1.82, 2.24) is 9.88 Å². The van der Waals surface area contributed by atoms with Crippen molar-refractivity contribution in [3.05, 3.63) is 24.0 Å². The lowest BCUT2D eigenvalue weighted by molar-refractivity contribution is 0.0690. The summed E-state index contributed by atoms with van der Waals surface area (Å²) in [5.74, 6) is -1.08. The molecule has 0 aromatic carbocycles. The van der Waals surface area contributed by atoms with Gasteiger partial charge in [0.2, 0.25) is 0 Å². The number of nitrogens with one attached hydrogen (secondary N) is 1. The Morgan fingerprint density at radius 1 is 1.16 bits per heavy atom. The highest BCUT2D eigenvalue weighted by Gasteiger charge is 2.15. The van der Waals surface area contributed by atoms with E-state index >= 15 is 0 Å². The number of aromatic nitrogens is 1. The third kappa shape index (κ3) is 3.67. The number of carbonyl (C=O) groups excluding carboxylic acids is 1. The molecule has 102 valence electrons. The van der Waals surface area contributed by atoms with Crippen molar-refractivity contribution in [3.63, 3.8) is 0 Å². The normalized spacial score (nSPS) is 15.7. The lowest BCUT2D eigenvalue weighted by Gasteiger charge is -2.20. The molecule has 6 nitrogen and oxygen atoms in total. The van der Waals surface area contributed by atoms with Crippen molar-refractivity contribution in [2.24, 2.45) is 0 Å². The molecule has 1 saturated heterocycles. The average Bonchev–Trinajstić information content (AvgIpc) is 2.68. The number of rotatable bonds is 2. The third-order valence-electron chi connectivity index (χ3n) is 3.13. The standard InChI is InChI=1S/C13H17N3O3/c17-12(18)11-6-5-10(9-14-11)15-13(19)16-7-3-1-2-4-8-16/h5-6,9H,1-4,7-8H2,(H,15,19)(H,17,18). The summed E-state index contributed by atoms with van der Waals surface area (Å²) in [6, 6.07) is 2.78. The fraction of sp³-hybridized carbons (Fsp3) is 0.462. The van der Waals surface area contributed by atoms with Gasteiger partial charge in [0.25, 0.3) is 0 Å². The van der Waals surface area contributed by atoms with Gasteiger partial charge in [-0.2, -0.15) is 0 Å². The quantitative estimate of drug-likeness (QED) is 0.856. The van der Waals surface area contributed by atoms with Gasteiger partial charge in [0.1, 0.15) is 5.69 Å². The van der Waals surface area contributed by atoms with E-state index in [1.807, 2.05) is 0 Å². The molecule has 0 atom stereocenters. The molecule has 2 heterocycles. The Morgan fingerprint density at radius 3 is 2.37 bits per heavy atom. The zero-order chi connectivity index (χ0) is 13.7. The Balaban J connectivity index is 1.95. The summed E-state index contributed by atoms with van der Waals surface area (Å²) in [5, 5.41) is 11.5. The van der Waals surface area contributed by atoms with Crippen LogP contribution in [0.2, 0.25) is 0 Å². The first-order chi connectivity index (χ1) is 9.16. The molecule has 6 heteroatoms. The summed E-state index contributed by atoms with van der Waals surface area (Å²) >= 11 is 0. The van der Waals surface area contributed by atoms with E-state index in [1.165, 1.54) is 25.1 Å². The van der Waals surface area contributed by atoms with Gasteiger partial charge in [0, 0.05) is 13.1 Å². The zero-order valence-corrected chi connectivity index (χ0v) is 10.6. The maximum atomic E-state index is 12.0. The Morgan fingerprint density at radius 2 is 1.84 bits per heavy atom. The monoisotopic (exact) mass is 263 g/mol. The van der Waals surface area contributed by atoms with Crippen LogP contribution < -0.4 is 5.32 Å². The molecule has 19 heavy (non-hydrogen) atoms. The van der Waals surface area contributed by atoms with Crippen LogP contribution in [0.1, 0.15) is 36.2 Å². The minimum Gasteiger partial charge on any atom is -0.477 e. The van der Waals surface area contributed by atoms with Gasteiger partial charge in [-0.3, -0.25) is 0 Å². The van der Waals surface area contributed by atoms with Gasteiger partial charge in [-0.05, 0) is 25.0 Å². The summed E-state index contributed by atoms with van der Waals surface area (Å²) in [6.07, 6.45) is 5.75. The van der Waals surface area contributed by atoms with E-state index < -0.39 is 5.97 Å². The highest BCUT2D eigenvalue weighted by Crippen LogP contribution is 2.12. The number of hydrogen-bond acceptors (Lipinski definition) is 3. The van der Waals surface area contributed by atoms with Crippen LogP contribution in [-0.4, -0.2) is 40.1 Å². The predicted octanol–water partition coefficient (Wildman–Crippen LogP) is 2.19. The molecule has 1 aliphatic rings. The summed E-state index contributed by atoms with van der Waals surface area (Å²) in [4.78, 5) is 28.2. The first-order valence-electron chi connectivity index (χ1n) is 6.42. The van der Waals surface area contributed by atoms with Crippen LogP contribution in [0.4, 0.5) is 10.5 Å². The topological polar surface area (TPSA) is 82.5 Å². The number of carboxylic acid groups (broad SMARTS) is 1. The molecule has 2 amide bonds. The highest BCUT2D eigenvalue weighted by molar-refractivity contribution is 5.90. The summed E-state index contributed by atoms with van der Waals surface area (Å²) in [5.41, 5.74) is 0.479. The molecule has 0 spiro atoms. The first kappa shape index (κ1) is 13.3. The van der Waals surface area contributed by atoms with Crippen LogP contribution in [0.15, 0.2) is 18.3 Å². The Labute approximate surface area is 111 Å². The van der Waals surface area contributed by atoms with E-state index in [4.69, 9.17) is 5.11 Å².